The summed E-state index contributed by atoms with van der Waals surface area (Å²) < 4.78 is 4.60. The SMILES string of the molecule is COC(=O)c1ccc(NC(=O)CN2C(=O)N[C@@](C)(C3CC3)C2=O)cc1. The van der Waals surface area contributed by atoms with Crippen molar-refractivity contribution < 1.29 is 23.9 Å². The van der Waals surface area contributed by atoms with Crippen LogP contribution in [0, 0.1) is 5.92 Å². The maximum Gasteiger partial charge on any atom is 0.337 e. The molecule has 1 atom stereocenters. The highest BCUT2D eigenvalue weighted by Gasteiger charge is 2.56. The zero-order chi connectivity index (χ0) is 18.2. The molecule has 0 unspecified atom stereocenters. The van der Waals surface area contributed by atoms with Crippen LogP contribution in [-0.4, -0.2) is 47.9 Å². The van der Waals surface area contributed by atoms with Crippen molar-refractivity contribution in [1.82, 2.24) is 10.2 Å². The molecule has 1 aliphatic carbocycles. The average molecular weight is 345 g/mol. The van der Waals surface area contributed by atoms with E-state index in [1.54, 1.807) is 19.1 Å². The number of amides is 4. The third-order valence-electron chi connectivity index (χ3n) is 4.59. The summed E-state index contributed by atoms with van der Waals surface area (Å²) in [6.07, 6.45) is 1.80. The van der Waals surface area contributed by atoms with Gasteiger partial charge in [-0.25, -0.2) is 9.59 Å². The van der Waals surface area contributed by atoms with Crippen LogP contribution >= 0.6 is 0 Å². The number of carbonyl (C=O) groups excluding carboxylic acids is 4. The highest BCUT2D eigenvalue weighted by Crippen LogP contribution is 2.42. The fourth-order valence-corrected chi connectivity index (χ4v) is 2.95. The molecule has 1 heterocycles. The Kier molecular flexibility index (Phi) is 4.20. The van der Waals surface area contributed by atoms with Crippen LogP contribution in [0.5, 0.6) is 0 Å². The molecule has 25 heavy (non-hydrogen) atoms. The first-order valence-corrected chi connectivity index (χ1v) is 7.97. The molecular formula is C17H19N3O5. The predicted octanol–water partition coefficient (Wildman–Crippen LogP) is 1.13. The fourth-order valence-electron chi connectivity index (χ4n) is 2.95. The van der Waals surface area contributed by atoms with E-state index < -0.39 is 23.4 Å². The number of urea groups is 1. The summed E-state index contributed by atoms with van der Waals surface area (Å²) in [6, 6.07) is 5.57. The van der Waals surface area contributed by atoms with Crippen LogP contribution in [0.4, 0.5) is 10.5 Å². The molecule has 8 heteroatoms. The van der Waals surface area contributed by atoms with Crippen LogP contribution in [-0.2, 0) is 14.3 Å². The second kappa shape index (κ2) is 6.19. The third-order valence-corrected chi connectivity index (χ3v) is 4.59. The van der Waals surface area contributed by atoms with Crippen molar-refractivity contribution in [1.29, 1.82) is 0 Å². The van der Waals surface area contributed by atoms with E-state index in [2.05, 4.69) is 15.4 Å². The van der Waals surface area contributed by atoms with E-state index in [0.717, 1.165) is 17.7 Å². The van der Waals surface area contributed by atoms with Gasteiger partial charge >= 0.3 is 12.0 Å². The molecule has 2 fully saturated rings. The van der Waals surface area contributed by atoms with E-state index >= 15 is 0 Å². The first kappa shape index (κ1) is 16.9. The molecular weight excluding hydrogens is 326 g/mol. The topological polar surface area (TPSA) is 105 Å². The van der Waals surface area contributed by atoms with Crippen molar-refractivity contribution in [3.63, 3.8) is 0 Å². The third kappa shape index (κ3) is 3.19. The number of hydrogen-bond acceptors (Lipinski definition) is 5. The zero-order valence-electron chi connectivity index (χ0n) is 14.0. The van der Waals surface area contributed by atoms with Gasteiger partial charge in [-0.3, -0.25) is 14.5 Å². The van der Waals surface area contributed by atoms with Crippen LogP contribution in [0.25, 0.3) is 0 Å². The molecule has 0 spiro atoms. The van der Waals surface area contributed by atoms with Gasteiger partial charge < -0.3 is 15.4 Å². The van der Waals surface area contributed by atoms with E-state index in [4.69, 9.17) is 0 Å². The number of carbonyl (C=O) groups is 4. The molecule has 2 N–H and O–H groups in total. The lowest BCUT2D eigenvalue weighted by molar-refractivity contribution is -0.134. The van der Waals surface area contributed by atoms with Crippen molar-refractivity contribution in [2.45, 2.75) is 25.3 Å². The number of nitrogens with zero attached hydrogens (tertiary/aromatic N) is 1. The van der Waals surface area contributed by atoms with Crippen LogP contribution in [0.15, 0.2) is 24.3 Å². The Bertz CT molecular complexity index is 741. The van der Waals surface area contributed by atoms with E-state index in [-0.39, 0.29) is 18.4 Å². The summed E-state index contributed by atoms with van der Waals surface area (Å²) in [5.41, 5.74) is -0.0936. The summed E-state index contributed by atoms with van der Waals surface area (Å²) in [5.74, 6) is -1.19. The molecule has 8 nitrogen and oxygen atoms in total. The number of imide groups is 1. The highest BCUT2D eigenvalue weighted by atomic mass is 16.5. The monoisotopic (exact) mass is 345 g/mol. The average Bonchev–Trinajstić information content (AvgIpc) is 3.41. The Labute approximate surface area is 144 Å². The first-order chi connectivity index (χ1) is 11.8. The smallest absolute Gasteiger partial charge is 0.337 e. The number of anilines is 1. The second-order valence-corrected chi connectivity index (χ2v) is 6.42. The minimum atomic E-state index is -0.903. The number of rotatable bonds is 5. The van der Waals surface area contributed by atoms with Crippen LogP contribution in [0.3, 0.4) is 0 Å². The van der Waals surface area contributed by atoms with Gasteiger partial charge in [-0.2, -0.15) is 0 Å². The van der Waals surface area contributed by atoms with Gasteiger partial charge in [0.1, 0.15) is 12.1 Å². The Morgan fingerprint density at radius 3 is 2.48 bits per heavy atom. The van der Waals surface area contributed by atoms with Crippen LogP contribution < -0.4 is 10.6 Å². The molecule has 1 saturated heterocycles. The number of benzene rings is 1. The number of ether oxygens (including phenoxy) is 1. The van der Waals surface area contributed by atoms with Gasteiger partial charge in [-0.15, -0.1) is 0 Å². The molecule has 1 aliphatic heterocycles. The lowest BCUT2D eigenvalue weighted by Crippen LogP contribution is -2.46. The summed E-state index contributed by atoms with van der Waals surface area (Å²) in [5, 5.41) is 5.30. The minimum absolute atomic E-state index is 0.142. The molecule has 2 aliphatic rings. The quantitative estimate of drug-likeness (QED) is 0.615. The van der Waals surface area contributed by atoms with Crippen molar-refractivity contribution in [3.8, 4) is 0 Å². The van der Waals surface area contributed by atoms with Gasteiger partial charge in [0, 0.05) is 5.69 Å². The Morgan fingerprint density at radius 2 is 1.92 bits per heavy atom. The summed E-state index contributed by atoms with van der Waals surface area (Å²) in [4.78, 5) is 49.0. The molecule has 0 radical (unpaired) electrons. The van der Waals surface area contributed by atoms with Crippen molar-refractivity contribution >= 4 is 29.5 Å². The first-order valence-electron chi connectivity index (χ1n) is 7.97. The highest BCUT2D eigenvalue weighted by molar-refractivity contribution is 6.10. The second-order valence-electron chi connectivity index (χ2n) is 6.42. The molecule has 4 amide bonds. The summed E-state index contributed by atoms with van der Waals surface area (Å²) in [7, 11) is 1.28. The van der Waals surface area contributed by atoms with Crippen LogP contribution in [0.2, 0.25) is 0 Å². The molecule has 1 aromatic rings. The molecule has 0 bridgehead atoms. The maximum absolute atomic E-state index is 12.5. The van der Waals surface area contributed by atoms with Crippen LogP contribution in [0.1, 0.15) is 30.1 Å². The Balaban J connectivity index is 1.62. The normalized spacial score (nSPS) is 22.6. The predicted molar refractivity (Wildman–Crippen MR) is 87.8 cm³/mol. The van der Waals surface area contributed by atoms with Crippen molar-refractivity contribution in [3.05, 3.63) is 29.8 Å². The molecule has 1 saturated carbocycles. The van der Waals surface area contributed by atoms with E-state index in [1.807, 2.05) is 0 Å². The molecule has 3 rings (SSSR count). The maximum atomic E-state index is 12.5. The van der Waals surface area contributed by atoms with Gasteiger partial charge in [-0.05, 0) is 49.9 Å². The Morgan fingerprint density at radius 1 is 1.28 bits per heavy atom. The van der Waals surface area contributed by atoms with E-state index in [9.17, 15) is 19.2 Å². The van der Waals surface area contributed by atoms with Gasteiger partial charge in [0.15, 0.2) is 0 Å². The van der Waals surface area contributed by atoms with Gasteiger partial charge in [-0.1, -0.05) is 0 Å². The lowest BCUT2D eigenvalue weighted by atomic mass is 9.96. The van der Waals surface area contributed by atoms with E-state index in [0.29, 0.717) is 11.3 Å². The molecule has 0 aromatic heterocycles. The minimum Gasteiger partial charge on any atom is -0.465 e. The van der Waals surface area contributed by atoms with Gasteiger partial charge in [0.05, 0.1) is 12.7 Å². The fraction of sp³-hybridized carbons (Fsp3) is 0.412. The van der Waals surface area contributed by atoms with E-state index in [1.165, 1.54) is 19.2 Å². The van der Waals surface area contributed by atoms with Crippen molar-refractivity contribution in [2.75, 3.05) is 19.0 Å². The molecule has 1 aromatic carbocycles. The summed E-state index contributed by atoms with van der Waals surface area (Å²) >= 11 is 0. The number of esters is 1. The summed E-state index contributed by atoms with van der Waals surface area (Å²) in [6.45, 7) is 1.35. The van der Waals surface area contributed by atoms with Gasteiger partial charge in [0.25, 0.3) is 5.91 Å². The Hall–Kier alpha value is -2.90. The lowest BCUT2D eigenvalue weighted by Gasteiger charge is -2.20. The zero-order valence-corrected chi connectivity index (χ0v) is 14.0. The largest absolute Gasteiger partial charge is 0.465 e. The number of methoxy groups -OCH3 is 1. The number of nitrogens with one attached hydrogen (secondary N) is 2. The standard InChI is InChI=1S/C17H19N3O5/c1-17(11-5-6-11)15(23)20(16(24)19-17)9-13(21)18-12-7-3-10(4-8-12)14(22)25-2/h3-4,7-8,11H,5-6,9H2,1-2H3,(H,18,21)(H,19,24)/t17-/m0/s1. The number of hydrogen-bond donors (Lipinski definition) is 2. The molecule has 132 valence electrons. The van der Waals surface area contributed by atoms with Gasteiger partial charge in [0.2, 0.25) is 5.91 Å². The van der Waals surface area contributed by atoms with Crippen molar-refractivity contribution in [2.24, 2.45) is 5.92 Å².